The molecule has 0 atom stereocenters. The molecule has 0 bridgehead atoms. The van der Waals surface area contributed by atoms with Gasteiger partial charge < -0.3 is 19.1 Å². The van der Waals surface area contributed by atoms with Gasteiger partial charge in [-0.05, 0) is 103 Å². The van der Waals surface area contributed by atoms with Crippen LogP contribution in [-0.2, 0) is 37.3 Å². The van der Waals surface area contributed by atoms with Crippen molar-refractivity contribution in [2.24, 2.45) is 0 Å². The van der Waals surface area contributed by atoms with Crippen molar-refractivity contribution in [3.63, 3.8) is 0 Å². The van der Waals surface area contributed by atoms with Crippen molar-refractivity contribution < 1.29 is 25.8 Å². The molecule has 3 heterocycles. The monoisotopic (exact) mass is 1170 g/mol. The van der Waals surface area contributed by atoms with Crippen molar-refractivity contribution in [3.05, 3.63) is 271 Å². The molecule has 0 aliphatic carbocycles. The van der Waals surface area contributed by atoms with E-state index in [1.165, 1.54) is 38.9 Å². The quantitative estimate of drug-likeness (QED) is 0.121. The van der Waals surface area contributed by atoms with Crippen LogP contribution in [0.4, 0.5) is 22.7 Å². The maximum atomic E-state index is 6.83. The molecule has 378 valence electrons. The molecule has 0 amide bonds. The van der Waals surface area contributed by atoms with Crippen molar-refractivity contribution >= 4 is 44.6 Å². The minimum Gasteiger partial charge on any atom is -0.509 e. The summed E-state index contributed by atoms with van der Waals surface area (Å²) in [4.78, 5) is 9.62. The van der Waals surface area contributed by atoms with Gasteiger partial charge in [0.15, 0.2) is 0 Å². The summed E-state index contributed by atoms with van der Waals surface area (Å²) in [5.74, 6) is 1.98. The molecule has 1 aliphatic rings. The van der Waals surface area contributed by atoms with Gasteiger partial charge >= 0.3 is 0 Å². The van der Waals surface area contributed by atoms with Gasteiger partial charge in [-0.15, -0.1) is 48.1 Å². The second-order valence-electron chi connectivity index (χ2n) is 21.8. The first-order valence-corrected chi connectivity index (χ1v) is 25.9. The van der Waals surface area contributed by atoms with Gasteiger partial charge in [0.1, 0.15) is 5.82 Å². The molecule has 0 fully saturated rings. The van der Waals surface area contributed by atoms with E-state index in [4.69, 9.17) is 9.72 Å². The molecule has 1 aliphatic heterocycles. The summed E-state index contributed by atoms with van der Waals surface area (Å²) in [6, 6.07) is 85.3. The third kappa shape index (κ3) is 9.32. The molecule has 0 N–H and O–H groups in total. The number of hydrogen-bond acceptors (Lipinski definition) is 4. The van der Waals surface area contributed by atoms with E-state index >= 15 is 0 Å². The minimum absolute atomic E-state index is 0. The number of nitrogens with zero attached hydrogens (tertiary/aromatic N) is 4. The zero-order chi connectivity index (χ0) is 51.5. The van der Waals surface area contributed by atoms with Gasteiger partial charge in [0, 0.05) is 72.2 Å². The van der Waals surface area contributed by atoms with E-state index in [1.807, 2.05) is 24.4 Å². The summed E-state index contributed by atoms with van der Waals surface area (Å²) in [6.45, 7) is 18.2. The minimum atomic E-state index is -0.260. The van der Waals surface area contributed by atoms with Crippen molar-refractivity contribution in [3.8, 4) is 39.6 Å². The van der Waals surface area contributed by atoms with Crippen molar-refractivity contribution in [2.45, 2.75) is 64.7 Å². The molecular formula is C70H59N4OPt-3. The van der Waals surface area contributed by atoms with Gasteiger partial charge in [0.25, 0.3) is 0 Å². The van der Waals surface area contributed by atoms with E-state index in [0.717, 1.165) is 61.5 Å². The van der Waals surface area contributed by atoms with Gasteiger partial charge in [-0.3, -0.25) is 0 Å². The summed E-state index contributed by atoms with van der Waals surface area (Å²) in [5.41, 5.74) is 16.2. The summed E-state index contributed by atoms with van der Waals surface area (Å²) in [5, 5.41) is 2.18. The van der Waals surface area contributed by atoms with Crippen LogP contribution in [0.2, 0.25) is 0 Å². The van der Waals surface area contributed by atoms with Gasteiger partial charge in [0.05, 0.1) is 0 Å². The zero-order valence-corrected chi connectivity index (χ0v) is 46.2. The molecular weight excluding hydrogens is 1110 g/mol. The number of anilines is 4. The maximum absolute atomic E-state index is 6.83. The number of hydrogen-bond donors (Lipinski definition) is 0. The fourth-order valence-corrected chi connectivity index (χ4v) is 10.7. The van der Waals surface area contributed by atoms with Crippen LogP contribution in [0.3, 0.4) is 0 Å². The van der Waals surface area contributed by atoms with E-state index in [1.54, 1.807) is 0 Å². The van der Waals surface area contributed by atoms with Crippen LogP contribution in [0.1, 0.15) is 76.3 Å². The Balaban J connectivity index is 0.00000616. The fraction of sp³-hybridized carbons (Fsp3) is 0.143. The molecule has 9 aromatic carbocycles. The Morgan fingerprint density at radius 3 is 1.71 bits per heavy atom. The van der Waals surface area contributed by atoms with Crippen LogP contribution in [0.15, 0.2) is 225 Å². The third-order valence-corrected chi connectivity index (χ3v) is 15.3. The van der Waals surface area contributed by atoms with Crippen LogP contribution in [0, 0.1) is 18.8 Å². The van der Waals surface area contributed by atoms with Crippen LogP contribution < -0.4 is 14.5 Å². The van der Waals surface area contributed by atoms with E-state index < -0.39 is 0 Å². The third-order valence-electron chi connectivity index (χ3n) is 15.3. The molecule has 0 unspecified atom stereocenters. The first-order chi connectivity index (χ1) is 36.3. The summed E-state index contributed by atoms with van der Waals surface area (Å²) in [7, 11) is 0. The van der Waals surface area contributed by atoms with Crippen molar-refractivity contribution in [1.29, 1.82) is 0 Å². The standard InChI is InChI=1S/C70H59N4O.Pt/c1-68(2,3)56-39-51(49-23-14-9-15-24-49)40-58(42-56)73-47-72(64-36-32-54(43-66(64)73)69(4,5)52-25-16-10-17-26-52)57-29-20-30-59(45-57)75-60-33-34-61-62-41-50(48-21-12-8-13-22-48)31-35-63(62)74(65(61)46-60)67-44-55(37-38-71-67)70(6,7)53-27-18-11-19-28-53;/h8-44,47H,1-7H3;/q-3;. The molecule has 0 spiro atoms. The number of fused-ring (bicyclic) bond motifs is 4. The molecule has 0 radical (unpaired) electrons. The number of rotatable bonds is 11. The average Bonchev–Trinajstić information content (AvgIpc) is 4.02. The van der Waals surface area contributed by atoms with E-state index in [-0.39, 0.29) is 37.3 Å². The maximum Gasteiger partial charge on any atom is 0.135 e. The zero-order valence-electron chi connectivity index (χ0n) is 44.0. The van der Waals surface area contributed by atoms with Gasteiger partial charge in [-0.2, -0.15) is 12.1 Å². The summed E-state index contributed by atoms with van der Waals surface area (Å²) >= 11 is 0. The second kappa shape index (κ2) is 19.9. The molecule has 0 saturated heterocycles. The Labute approximate surface area is 462 Å². The van der Waals surface area contributed by atoms with Gasteiger partial charge in [0.2, 0.25) is 0 Å². The molecule has 6 heteroatoms. The molecule has 5 nitrogen and oxygen atoms in total. The van der Waals surface area contributed by atoms with Crippen molar-refractivity contribution in [1.82, 2.24) is 9.55 Å². The number of aromatic nitrogens is 2. The Morgan fingerprint density at radius 1 is 0.434 bits per heavy atom. The smallest absolute Gasteiger partial charge is 0.135 e. The fourth-order valence-electron chi connectivity index (χ4n) is 10.7. The van der Waals surface area contributed by atoms with Crippen molar-refractivity contribution in [2.75, 3.05) is 9.80 Å². The summed E-state index contributed by atoms with van der Waals surface area (Å²) in [6.07, 6.45) is 1.93. The van der Waals surface area contributed by atoms with Crippen LogP contribution in [-0.4, -0.2) is 9.55 Å². The predicted molar refractivity (Wildman–Crippen MR) is 311 cm³/mol. The Hall–Kier alpha value is -7.98. The first-order valence-electron chi connectivity index (χ1n) is 25.9. The normalized spacial score (nSPS) is 12.7. The molecule has 76 heavy (non-hydrogen) atoms. The largest absolute Gasteiger partial charge is 0.509 e. The summed E-state index contributed by atoms with van der Waals surface area (Å²) < 4.78 is 9.06. The Morgan fingerprint density at radius 2 is 1.05 bits per heavy atom. The van der Waals surface area contributed by atoms with Gasteiger partial charge in [-0.25, -0.2) is 4.98 Å². The second-order valence-corrected chi connectivity index (χ2v) is 21.8. The van der Waals surface area contributed by atoms with E-state index in [2.05, 4.69) is 282 Å². The topological polar surface area (TPSA) is 33.5 Å². The Kier molecular flexibility index (Phi) is 13.2. The molecule has 12 rings (SSSR count). The van der Waals surface area contributed by atoms with Crippen LogP contribution in [0.5, 0.6) is 11.5 Å². The van der Waals surface area contributed by atoms with Crippen LogP contribution >= 0.6 is 0 Å². The predicted octanol–water partition coefficient (Wildman–Crippen LogP) is 18.3. The number of pyridine rings is 1. The number of ether oxygens (including phenoxy) is 1. The number of benzene rings is 9. The molecule has 0 saturated carbocycles. The molecule has 2 aromatic heterocycles. The SMILES string of the molecule is CC(C)(C)c1cc(-c2ccccc2)cc(N2[CH-]N(c3[c-]c(Oc4[c-]c5c(cc4)c4cc(-c6ccccc6)ccc4n5-c4cc(C(C)(C)c5ccccc5)ccn4)ccc3)c3ccc(C(C)(C)c4ccccc4)cc32)c1.[Pt]. The van der Waals surface area contributed by atoms with Gasteiger partial charge in [-0.1, -0.05) is 200 Å². The first kappa shape index (κ1) is 50.2. The van der Waals surface area contributed by atoms with Crippen LogP contribution in [0.25, 0.3) is 49.9 Å². The average molecular weight is 1170 g/mol. The van der Waals surface area contributed by atoms with E-state index in [9.17, 15) is 0 Å². The Bertz CT molecular complexity index is 3880. The van der Waals surface area contributed by atoms with E-state index in [0.29, 0.717) is 11.5 Å². The molecule has 11 aromatic rings.